The Hall–Kier alpha value is -5.26. The Labute approximate surface area is 227 Å². The molecule has 0 aliphatic heterocycles. The van der Waals surface area contributed by atoms with Crippen molar-refractivity contribution in [1.29, 1.82) is 5.26 Å². The van der Waals surface area contributed by atoms with Gasteiger partial charge in [0.05, 0.1) is 5.56 Å². The second-order valence-electron chi connectivity index (χ2n) is 10.1. The highest BCUT2D eigenvalue weighted by Crippen LogP contribution is 2.44. The molecular weight excluding hydrogens is 472 g/mol. The van der Waals surface area contributed by atoms with Crippen LogP contribution in [0.3, 0.4) is 0 Å². The minimum absolute atomic E-state index is 0.566. The summed E-state index contributed by atoms with van der Waals surface area (Å²) in [7, 11) is 0. The predicted molar refractivity (Wildman–Crippen MR) is 163 cm³/mol. The molecular formula is C37H24N2. The molecule has 0 saturated heterocycles. The van der Waals surface area contributed by atoms with Crippen LogP contribution in [0.2, 0.25) is 0 Å². The highest BCUT2D eigenvalue weighted by atomic mass is 14.6. The van der Waals surface area contributed by atoms with E-state index in [9.17, 15) is 5.26 Å². The van der Waals surface area contributed by atoms with Gasteiger partial charge in [0.1, 0.15) is 6.07 Å². The number of benzene rings is 6. The van der Waals surface area contributed by atoms with Gasteiger partial charge in [-0.1, -0.05) is 103 Å². The third-order valence-electron chi connectivity index (χ3n) is 7.60. The molecule has 1 aromatic heterocycles. The predicted octanol–water partition coefficient (Wildman–Crippen LogP) is 9.72. The van der Waals surface area contributed by atoms with Gasteiger partial charge in [0.2, 0.25) is 0 Å². The second kappa shape index (κ2) is 9.24. The van der Waals surface area contributed by atoms with Crippen molar-refractivity contribution in [3.05, 3.63) is 139 Å². The van der Waals surface area contributed by atoms with Gasteiger partial charge in [0, 0.05) is 18.0 Å². The van der Waals surface area contributed by atoms with Crippen molar-refractivity contribution in [3.8, 4) is 39.4 Å². The summed E-state index contributed by atoms with van der Waals surface area (Å²) in [6.07, 6.45) is 3.40. The van der Waals surface area contributed by atoms with Crippen molar-refractivity contribution in [2.45, 2.75) is 6.92 Å². The maximum absolute atomic E-state index is 9.27. The number of rotatable bonds is 3. The average Bonchev–Trinajstić information content (AvgIpc) is 3.00. The second-order valence-corrected chi connectivity index (χ2v) is 10.1. The molecule has 182 valence electrons. The first-order chi connectivity index (χ1) is 19.2. The normalized spacial score (nSPS) is 11.2. The van der Waals surface area contributed by atoms with Crippen LogP contribution in [-0.4, -0.2) is 4.98 Å². The van der Waals surface area contributed by atoms with Gasteiger partial charge < -0.3 is 0 Å². The molecule has 0 atom stereocenters. The van der Waals surface area contributed by atoms with Crippen LogP contribution in [0.1, 0.15) is 11.1 Å². The highest BCUT2D eigenvalue weighted by molar-refractivity contribution is 6.21. The summed E-state index contributed by atoms with van der Waals surface area (Å²) in [6, 6.07) is 43.6. The number of fused-ring (bicyclic) bond motifs is 3. The van der Waals surface area contributed by atoms with E-state index in [0.717, 1.165) is 16.5 Å². The number of hydrogen-bond donors (Lipinski definition) is 0. The Balaban J connectivity index is 1.45. The van der Waals surface area contributed by atoms with Crippen LogP contribution >= 0.6 is 0 Å². The van der Waals surface area contributed by atoms with Crippen molar-refractivity contribution in [2.24, 2.45) is 0 Å². The molecule has 6 aromatic carbocycles. The minimum atomic E-state index is 0.566. The Morgan fingerprint density at radius 2 is 1.03 bits per heavy atom. The molecule has 0 saturated carbocycles. The molecule has 0 aliphatic carbocycles. The number of nitriles is 1. The fourth-order valence-corrected chi connectivity index (χ4v) is 5.71. The summed E-state index contributed by atoms with van der Waals surface area (Å²) in [5.41, 5.74) is 8.80. The lowest BCUT2D eigenvalue weighted by Gasteiger charge is -2.18. The zero-order chi connectivity index (χ0) is 26.3. The quantitative estimate of drug-likeness (QED) is 0.228. The van der Waals surface area contributed by atoms with Crippen molar-refractivity contribution in [3.63, 3.8) is 0 Å². The van der Waals surface area contributed by atoms with Crippen LogP contribution in [0.5, 0.6) is 0 Å². The van der Waals surface area contributed by atoms with Gasteiger partial charge in [0.25, 0.3) is 0 Å². The molecule has 0 unspecified atom stereocenters. The lowest BCUT2D eigenvalue weighted by atomic mass is 9.85. The van der Waals surface area contributed by atoms with E-state index in [4.69, 9.17) is 0 Å². The van der Waals surface area contributed by atoms with Crippen LogP contribution in [0.15, 0.2) is 128 Å². The van der Waals surface area contributed by atoms with Crippen molar-refractivity contribution in [1.82, 2.24) is 4.98 Å². The van der Waals surface area contributed by atoms with Gasteiger partial charge in [0.15, 0.2) is 0 Å². The van der Waals surface area contributed by atoms with Gasteiger partial charge in [-0.25, -0.2) is 0 Å². The molecule has 0 N–H and O–H groups in total. The average molecular weight is 497 g/mol. The molecule has 0 aliphatic rings. The molecule has 39 heavy (non-hydrogen) atoms. The van der Waals surface area contributed by atoms with Crippen molar-refractivity contribution < 1.29 is 0 Å². The number of hydrogen-bond acceptors (Lipinski definition) is 2. The molecule has 0 amide bonds. The third-order valence-corrected chi connectivity index (χ3v) is 7.60. The van der Waals surface area contributed by atoms with E-state index in [0.29, 0.717) is 5.56 Å². The first-order valence-corrected chi connectivity index (χ1v) is 13.1. The molecule has 2 heteroatoms. The first kappa shape index (κ1) is 22.9. The maximum atomic E-state index is 9.27. The maximum Gasteiger partial charge on any atom is 0.101 e. The summed E-state index contributed by atoms with van der Waals surface area (Å²) in [6.45, 7) is 2.13. The van der Waals surface area contributed by atoms with Crippen LogP contribution in [0, 0.1) is 18.3 Å². The molecule has 7 rings (SSSR count). The lowest BCUT2D eigenvalue weighted by molar-refractivity contribution is 1.30. The van der Waals surface area contributed by atoms with E-state index in [2.05, 4.69) is 127 Å². The van der Waals surface area contributed by atoms with Gasteiger partial charge in [-0.05, 0) is 85.3 Å². The smallest absolute Gasteiger partial charge is 0.101 e. The van der Waals surface area contributed by atoms with E-state index in [-0.39, 0.29) is 0 Å². The summed E-state index contributed by atoms with van der Waals surface area (Å²) in [4.78, 5) is 4.23. The van der Waals surface area contributed by atoms with Gasteiger partial charge in [-0.3, -0.25) is 4.98 Å². The number of nitrogens with zero attached hydrogens (tertiary/aromatic N) is 2. The summed E-state index contributed by atoms with van der Waals surface area (Å²) < 4.78 is 0. The Kier molecular flexibility index (Phi) is 5.43. The highest BCUT2D eigenvalue weighted by Gasteiger charge is 2.16. The number of pyridine rings is 1. The van der Waals surface area contributed by atoms with E-state index < -0.39 is 0 Å². The molecule has 0 bridgehead atoms. The molecule has 0 fully saturated rings. The SMILES string of the molecule is Cc1ccc(-c2c3ccccc3c(-c3ccc4cc(-c5cncc(C#N)c5)ccc4c3)c3ccccc23)cc1. The monoisotopic (exact) mass is 496 g/mol. The summed E-state index contributed by atoms with van der Waals surface area (Å²) >= 11 is 0. The van der Waals surface area contributed by atoms with E-state index in [1.165, 1.54) is 54.7 Å². The topological polar surface area (TPSA) is 36.7 Å². The standard InChI is InChI=1S/C37H24N2/c1-24-10-12-26(13-11-24)36-32-6-2-4-8-34(32)37(35-9-5-3-7-33(35)36)30-17-16-27-19-29(15-14-28(27)20-30)31-18-25(21-38)22-39-23-31/h2-20,22-23H,1H3. The molecule has 2 nitrogen and oxygen atoms in total. The van der Waals surface area contributed by atoms with Gasteiger partial charge in [-0.15, -0.1) is 0 Å². The molecule has 0 spiro atoms. The van der Waals surface area contributed by atoms with E-state index in [1.807, 2.05) is 12.3 Å². The van der Waals surface area contributed by atoms with Crippen LogP contribution < -0.4 is 0 Å². The van der Waals surface area contributed by atoms with Crippen molar-refractivity contribution in [2.75, 3.05) is 0 Å². The lowest BCUT2D eigenvalue weighted by Crippen LogP contribution is -1.91. The Morgan fingerprint density at radius 1 is 0.513 bits per heavy atom. The molecule has 1 heterocycles. The summed E-state index contributed by atoms with van der Waals surface area (Å²) in [5.74, 6) is 0. The third kappa shape index (κ3) is 3.93. The minimum Gasteiger partial charge on any atom is -0.263 e. The van der Waals surface area contributed by atoms with E-state index >= 15 is 0 Å². The van der Waals surface area contributed by atoms with E-state index in [1.54, 1.807) is 6.20 Å². The number of aromatic nitrogens is 1. The number of aryl methyl sites for hydroxylation is 1. The van der Waals surface area contributed by atoms with Crippen LogP contribution in [-0.2, 0) is 0 Å². The molecule has 0 radical (unpaired) electrons. The van der Waals surface area contributed by atoms with Gasteiger partial charge >= 0.3 is 0 Å². The fourth-order valence-electron chi connectivity index (χ4n) is 5.71. The Bertz CT molecular complexity index is 2020. The Morgan fingerprint density at radius 3 is 1.62 bits per heavy atom. The summed E-state index contributed by atoms with van der Waals surface area (Å²) in [5, 5.41) is 16.6. The largest absolute Gasteiger partial charge is 0.263 e. The van der Waals surface area contributed by atoms with Crippen molar-refractivity contribution >= 4 is 32.3 Å². The molecule has 7 aromatic rings. The van der Waals surface area contributed by atoms with Crippen LogP contribution in [0.4, 0.5) is 0 Å². The fraction of sp³-hybridized carbons (Fsp3) is 0.0270. The van der Waals surface area contributed by atoms with Crippen LogP contribution in [0.25, 0.3) is 65.7 Å². The van der Waals surface area contributed by atoms with Gasteiger partial charge in [-0.2, -0.15) is 5.26 Å². The zero-order valence-corrected chi connectivity index (χ0v) is 21.5. The zero-order valence-electron chi connectivity index (χ0n) is 21.5. The first-order valence-electron chi connectivity index (χ1n) is 13.1.